The maximum absolute atomic E-state index is 6.05. The highest BCUT2D eigenvalue weighted by molar-refractivity contribution is 6.30. The minimum atomic E-state index is 0.325. The van der Waals surface area contributed by atoms with Crippen molar-refractivity contribution in [3.63, 3.8) is 0 Å². The van der Waals surface area contributed by atoms with Gasteiger partial charge in [0.05, 0.1) is 5.69 Å². The molecule has 6 heteroatoms. The van der Waals surface area contributed by atoms with Crippen molar-refractivity contribution in [1.29, 1.82) is 0 Å². The van der Waals surface area contributed by atoms with Crippen LogP contribution in [-0.2, 0) is 6.54 Å². The average Bonchev–Trinajstić information content (AvgIpc) is 2.70. The number of hydrogen-bond acceptors (Lipinski definition) is 5. The van der Waals surface area contributed by atoms with Gasteiger partial charge < -0.3 is 5.73 Å². The first-order valence-electron chi connectivity index (χ1n) is 9.18. The molecule has 1 aliphatic rings. The van der Waals surface area contributed by atoms with Gasteiger partial charge in [-0.05, 0) is 48.7 Å². The van der Waals surface area contributed by atoms with Crippen molar-refractivity contribution in [2.45, 2.75) is 25.3 Å². The van der Waals surface area contributed by atoms with Crippen molar-refractivity contribution in [1.82, 2.24) is 19.9 Å². The number of piperidine rings is 1. The van der Waals surface area contributed by atoms with Gasteiger partial charge in [-0.15, -0.1) is 0 Å². The number of benzene rings is 1. The van der Waals surface area contributed by atoms with E-state index in [4.69, 9.17) is 17.3 Å². The van der Waals surface area contributed by atoms with Crippen LogP contribution in [-0.4, -0.2) is 32.9 Å². The lowest BCUT2D eigenvalue weighted by molar-refractivity contribution is 0.198. The Morgan fingerprint density at radius 2 is 2.00 bits per heavy atom. The molecule has 0 radical (unpaired) electrons. The molecule has 3 heterocycles. The van der Waals surface area contributed by atoms with E-state index in [0.717, 1.165) is 54.3 Å². The Labute approximate surface area is 164 Å². The number of rotatable bonds is 4. The van der Waals surface area contributed by atoms with Crippen molar-refractivity contribution in [2.24, 2.45) is 0 Å². The molecule has 1 aliphatic heterocycles. The van der Waals surface area contributed by atoms with Crippen molar-refractivity contribution in [3.8, 4) is 11.1 Å². The monoisotopic (exact) mass is 379 g/mol. The smallest absolute Gasteiger partial charge is 0.220 e. The summed E-state index contributed by atoms with van der Waals surface area (Å²) in [7, 11) is 0. The van der Waals surface area contributed by atoms with Gasteiger partial charge in [-0.2, -0.15) is 0 Å². The van der Waals surface area contributed by atoms with E-state index < -0.39 is 0 Å². The Balaban J connectivity index is 1.60. The zero-order valence-electron chi connectivity index (χ0n) is 15.1. The molecule has 0 aliphatic carbocycles. The maximum atomic E-state index is 6.05. The maximum Gasteiger partial charge on any atom is 0.220 e. The van der Waals surface area contributed by atoms with Crippen LogP contribution in [0.5, 0.6) is 0 Å². The van der Waals surface area contributed by atoms with E-state index in [-0.39, 0.29) is 0 Å². The Kier molecular flexibility index (Phi) is 5.32. The van der Waals surface area contributed by atoms with Gasteiger partial charge in [-0.1, -0.05) is 29.8 Å². The predicted octanol–water partition coefficient (Wildman–Crippen LogP) is 4.15. The van der Waals surface area contributed by atoms with Crippen LogP contribution < -0.4 is 5.73 Å². The number of pyridine rings is 1. The summed E-state index contributed by atoms with van der Waals surface area (Å²) < 4.78 is 0. The minimum Gasteiger partial charge on any atom is -0.368 e. The number of likely N-dealkylation sites (tertiary alicyclic amines) is 1. The number of aromatic nitrogens is 3. The zero-order valence-corrected chi connectivity index (χ0v) is 15.8. The molecule has 4 rings (SSSR count). The molecule has 1 atom stereocenters. The minimum absolute atomic E-state index is 0.325. The van der Waals surface area contributed by atoms with Crippen molar-refractivity contribution in [2.75, 3.05) is 18.8 Å². The van der Waals surface area contributed by atoms with E-state index in [0.29, 0.717) is 11.9 Å². The van der Waals surface area contributed by atoms with Crippen molar-refractivity contribution in [3.05, 3.63) is 71.3 Å². The summed E-state index contributed by atoms with van der Waals surface area (Å²) in [5, 5.41) is 0.719. The molecule has 27 heavy (non-hydrogen) atoms. The molecule has 1 saturated heterocycles. The molecular weight excluding hydrogens is 358 g/mol. The lowest BCUT2D eigenvalue weighted by Gasteiger charge is -2.33. The molecule has 1 fully saturated rings. The Morgan fingerprint density at radius 3 is 2.78 bits per heavy atom. The highest BCUT2D eigenvalue weighted by Crippen LogP contribution is 2.34. The quantitative estimate of drug-likeness (QED) is 0.737. The van der Waals surface area contributed by atoms with Crippen LogP contribution in [0.25, 0.3) is 11.1 Å². The Bertz CT molecular complexity index is 898. The lowest BCUT2D eigenvalue weighted by atomic mass is 9.90. The summed E-state index contributed by atoms with van der Waals surface area (Å²) in [5.74, 6) is 0.651. The number of nitrogens with two attached hydrogens (primary N) is 1. The molecule has 0 unspecified atom stereocenters. The van der Waals surface area contributed by atoms with Gasteiger partial charge in [0.25, 0.3) is 0 Å². The largest absolute Gasteiger partial charge is 0.368 e. The molecule has 138 valence electrons. The molecule has 5 nitrogen and oxygen atoms in total. The summed E-state index contributed by atoms with van der Waals surface area (Å²) in [6, 6.07) is 11.9. The van der Waals surface area contributed by atoms with Crippen LogP contribution in [0.4, 0.5) is 5.95 Å². The Hall–Kier alpha value is -2.50. The van der Waals surface area contributed by atoms with Gasteiger partial charge in [0.1, 0.15) is 0 Å². The highest BCUT2D eigenvalue weighted by atomic mass is 35.5. The molecule has 2 aromatic heterocycles. The fourth-order valence-electron chi connectivity index (χ4n) is 3.74. The average molecular weight is 380 g/mol. The number of hydrogen-bond donors (Lipinski definition) is 1. The predicted molar refractivity (Wildman–Crippen MR) is 108 cm³/mol. The van der Waals surface area contributed by atoms with Gasteiger partial charge in [0, 0.05) is 48.2 Å². The number of nitrogens with zero attached hydrogens (tertiary/aromatic N) is 4. The third-order valence-corrected chi connectivity index (χ3v) is 5.27. The normalized spacial score (nSPS) is 17.7. The summed E-state index contributed by atoms with van der Waals surface area (Å²) in [6.45, 7) is 2.94. The highest BCUT2D eigenvalue weighted by Gasteiger charge is 2.25. The van der Waals surface area contributed by atoms with Crippen molar-refractivity contribution < 1.29 is 0 Å². The third kappa shape index (κ3) is 4.26. The van der Waals surface area contributed by atoms with Crippen LogP contribution in [0.3, 0.4) is 0 Å². The van der Waals surface area contributed by atoms with Gasteiger partial charge in [-0.3, -0.25) is 9.88 Å². The molecule has 0 spiro atoms. The van der Waals surface area contributed by atoms with Gasteiger partial charge in [0.2, 0.25) is 5.95 Å². The molecule has 2 N–H and O–H groups in total. The fourth-order valence-corrected chi connectivity index (χ4v) is 3.87. The molecular formula is C21H22ClN5. The summed E-state index contributed by atoms with van der Waals surface area (Å²) in [6.07, 6.45) is 7.81. The summed E-state index contributed by atoms with van der Waals surface area (Å²) in [4.78, 5) is 15.6. The second-order valence-corrected chi connectivity index (χ2v) is 7.41. The Morgan fingerprint density at radius 1 is 1.15 bits per heavy atom. The first kappa shape index (κ1) is 17.9. The van der Waals surface area contributed by atoms with Crippen LogP contribution in [0, 0.1) is 0 Å². The first-order chi connectivity index (χ1) is 13.2. The number of nitrogen functional groups attached to an aromatic ring is 1. The van der Waals surface area contributed by atoms with Crippen LogP contribution in [0.15, 0.2) is 55.0 Å². The first-order valence-corrected chi connectivity index (χ1v) is 9.56. The van der Waals surface area contributed by atoms with Crippen LogP contribution >= 0.6 is 11.6 Å². The molecule has 1 aromatic carbocycles. The third-order valence-electron chi connectivity index (χ3n) is 5.01. The van der Waals surface area contributed by atoms with Crippen LogP contribution in [0.1, 0.15) is 30.0 Å². The topological polar surface area (TPSA) is 67.9 Å². The molecule has 0 amide bonds. The van der Waals surface area contributed by atoms with E-state index in [1.54, 1.807) is 0 Å². The zero-order chi connectivity index (χ0) is 18.6. The van der Waals surface area contributed by atoms with Gasteiger partial charge in [0.15, 0.2) is 0 Å². The van der Waals surface area contributed by atoms with E-state index in [9.17, 15) is 0 Å². The van der Waals surface area contributed by atoms with Gasteiger partial charge >= 0.3 is 0 Å². The lowest BCUT2D eigenvalue weighted by Crippen LogP contribution is -2.34. The molecule has 3 aromatic rings. The number of anilines is 1. The standard InChI is InChI=1S/C21H22ClN5/c22-18-7-5-16(6-8-18)19-12-25-21(23)26-20(19)17-4-2-10-27(14-17)13-15-3-1-9-24-11-15/h1,3,5-9,11-12,17H,2,4,10,13-14H2,(H2,23,25,26)/t17-/m0/s1. The number of halogens is 1. The van der Waals surface area contributed by atoms with E-state index in [2.05, 4.69) is 25.9 Å². The SMILES string of the molecule is Nc1ncc(-c2ccc(Cl)cc2)c([C@H]2CCCN(Cc3cccnc3)C2)n1. The second-order valence-electron chi connectivity index (χ2n) is 6.97. The second kappa shape index (κ2) is 8.03. The van der Waals surface area contributed by atoms with E-state index in [1.807, 2.05) is 48.9 Å². The van der Waals surface area contributed by atoms with E-state index in [1.165, 1.54) is 5.56 Å². The fraction of sp³-hybridized carbons (Fsp3) is 0.286. The van der Waals surface area contributed by atoms with Crippen LogP contribution in [0.2, 0.25) is 5.02 Å². The summed E-state index contributed by atoms with van der Waals surface area (Å²) in [5.41, 5.74) is 10.3. The van der Waals surface area contributed by atoms with E-state index >= 15 is 0 Å². The van der Waals surface area contributed by atoms with Gasteiger partial charge in [-0.25, -0.2) is 9.97 Å². The van der Waals surface area contributed by atoms with Crippen molar-refractivity contribution >= 4 is 17.5 Å². The molecule has 0 saturated carbocycles. The molecule has 0 bridgehead atoms. The summed E-state index contributed by atoms with van der Waals surface area (Å²) >= 11 is 6.05.